The van der Waals surface area contributed by atoms with Gasteiger partial charge in [-0.05, 0) is 40.0 Å². The van der Waals surface area contributed by atoms with Crippen LogP contribution in [0.2, 0.25) is 0 Å². The summed E-state index contributed by atoms with van der Waals surface area (Å²) in [5, 5.41) is 3.60. The first-order valence-electron chi connectivity index (χ1n) is 7.33. The predicted octanol–water partition coefficient (Wildman–Crippen LogP) is 1.47. The van der Waals surface area contributed by atoms with Crippen molar-refractivity contribution in [1.82, 2.24) is 10.2 Å². The number of amides is 1. The highest BCUT2D eigenvalue weighted by molar-refractivity contribution is 5.69. The molecule has 0 bridgehead atoms. The second-order valence-corrected chi connectivity index (χ2v) is 6.87. The van der Waals surface area contributed by atoms with Crippen molar-refractivity contribution in [2.24, 2.45) is 5.73 Å². The lowest BCUT2D eigenvalue weighted by Crippen LogP contribution is -2.62. The normalized spacial score (nSPS) is 28.9. The third kappa shape index (κ3) is 4.35. The van der Waals surface area contributed by atoms with Gasteiger partial charge in [-0.2, -0.15) is 0 Å². The predicted molar refractivity (Wildman–Crippen MR) is 75.0 cm³/mol. The van der Waals surface area contributed by atoms with Gasteiger partial charge in [-0.3, -0.25) is 0 Å². The van der Waals surface area contributed by atoms with Gasteiger partial charge in [0.05, 0.1) is 0 Å². The number of hydrogen-bond acceptors (Lipinski definition) is 4. The van der Waals surface area contributed by atoms with E-state index in [-0.39, 0.29) is 6.09 Å². The molecule has 0 radical (unpaired) electrons. The zero-order chi connectivity index (χ0) is 14.0. The highest BCUT2D eigenvalue weighted by Gasteiger charge is 2.35. The number of ether oxygens (including phenoxy) is 1. The van der Waals surface area contributed by atoms with Gasteiger partial charge in [0.15, 0.2) is 0 Å². The highest BCUT2D eigenvalue weighted by atomic mass is 16.6. The maximum atomic E-state index is 11.8. The SMILES string of the molecule is CC(C)(C)OC(=O)N1CC(NC2CCCC(N)C2)C1. The molecule has 1 aliphatic heterocycles. The Morgan fingerprint density at radius 1 is 1.26 bits per heavy atom. The summed E-state index contributed by atoms with van der Waals surface area (Å²) in [5.74, 6) is 0. The molecule has 0 aromatic rings. The van der Waals surface area contributed by atoms with Crippen LogP contribution in [0.1, 0.15) is 46.5 Å². The first-order chi connectivity index (χ1) is 8.83. The summed E-state index contributed by atoms with van der Waals surface area (Å²) in [6.07, 6.45) is 4.42. The van der Waals surface area contributed by atoms with Gasteiger partial charge < -0.3 is 20.7 Å². The van der Waals surface area contributed by atoms with Crippen molar-refractivity contribution in [2.45, 2.75) is 70.2 Å². The number of likely N-dealkylation sites (tertiary alicyclic amines) is 1. The largest absolute Gasteiger partial charge is 0.444 e. The van der Waals surface area contributed by atoms with Gasteiger partial charge >= 0.3 is 6.09 Å². The average Bonchev–Trinajstić information content (AvgIpc) is 2.20. The summed E-state index contributed by atoms with van der Waals surface area (Å²) < 4.78 is 5.34. The lowest BCUT2D eigenvalue weighted by Gasteiger charge is -2.42. The zero-order valence-electron chi connectivity index (χ0n) is 12.3. The van der Waals surface area contributed by atoms with Crippen molar-refractivity contribution >= 4 is 6.09 Å². The number of hydrogen-bond donors (Lipinski definition) is 2. The molecule has 1 heterocycles. The number of nitrogens with zero attached hydrogens (tertiary/aromatic N) is 1. The lowest BCUT2D eigenvalue weighted by atomic mass is 9.90. The average molecular weight is 269 g/mol. The zero-order valence-corrected chi connectivity index (χ0v) is 12.3. The molecule has 2 unspecified atom stereocenters. The van der Waals surface area contributed by atoms with E-state index in [1.165, 1.54) is 12.8 Å². The number of nitrogens with two attached hydrogens (primary N) is 1. The van der Waals surface area contributed by atoms with E-state index < -0.39 is 5.60 Å². The van der Waals surface area contributed by atoms with Crippen molar-refractivity contribution in [2.75, 3.05) is 13.1 Å². The fourth-order valence-electron chi connectivity index (χ4n) is 2.77. The van der Waals surface area contributed by atoms with E-state index in [9.17, 15) is 4.79 Å². The Morgan fingerprint density at radius 2 is 1.95 bits per heavy atom. The molecule has 110 valence electrons. The van der Waals surface area contributed by atoms with E-state index >= 15 is 0 Å². The molecule has 0 spiro atoms. The van der Waals surface area contributed by atoms with E-state index in [2.05, 4.69) is 5.32 Å². The first kappa shape index (κ1) is 14.6. The monoisotopic (exact) mass is 269 g/mol. The Balaban J connectivity index is 1.67. The molecule has 2 aliphatic rings. The van der Waals surface area contributed by atoms with Crippen molar-refractivity contribution < 1.29 is 9.53 Å². The van der Waals surface area contributed by atoms with E-state index in [1.807, 2.05) is 20.8 Å². The Bertz CT molecular complexity index is 321. The first-order valence-corrected chi connectivity index (χ1v) is 7.33. The summed E-state index contributed by atoms with van der Waals surface area (Å²) in [6.45, 7) is 7.18. The summed E-state index contributed by atoms with van der Waals surface area (Å²) in [6, 6.07) is 1.27. The van der Waals surface area contributed by atoms with Gasteiger partial charge in [-0.25, -0.2) is 4.79 Å². The minimum absolute atomic E-state index is 0.203. The summed E-state index contributed by atoms with van der Waals surface area (Å²) in [7, 11) is 0. The maximum absolute atomic E-state index is 11.8. The van der Waals surface area contributed by atoms with Crippen LogP contribution in [-0.2, 0) is 4.74 Å². The van der Waals surface area contributed by atoms with Crippen molar-refractivity contribution in [3.8, 4) is 0 Å². The fraction of sp³-hybridized carbons (Fsp3) is 0.929. The highest BCUT2D eigenvalue weighted by Crippen LogP contribution is 2.20. The fourth-order valence-corrected chi connectivity index (χ4v) is 2.77. The molecule has 3 N–H and O–H groups in total. The molecular weight excluding hydrogens is 242 g/mol. The van der Waals surface area contributed by atoms with E-state index in [4.69, 9.17) is 10.5 Å². The molecule has 1 saturated heterocycles. The molecule has 0 aromatic carbocycles. The standard InChI is InChI=1S/C14H27N3O2/c1-14(2,3)19-13(18)17-8-12(9-17)16-11-6-4-5-10(15)7-11/h10-12,16H,4-9,15H2,1-3H3. The van der Waals surface area contributed by atoms with E-state index in [0.29, 0.717) is 18.1 Å². The topological polar surface area (TPSA) is 67.6 Å². The molecule has 1 saturated carbocycles. The quantitative estimate of drug-likeness (QED) is 0.796. The Labute approximate surface area is 115 Å². The molecule has 0 aromatic heterocycles. The van der Waals surface area contributed by atoms with E-state index in [0.717, 1.165) is 25.9 Å². The van der Waals surface area contributed by atoms with Crippen molar-refractivity contribution in [3.05, 3.63) is 0 Å². The van der Waals surface area contributed by atoms with Crippen LogP contribution >= 0.6 is 0 Å². The molecule has 5 heteroatoms. The maximum Gasteiger partial charge on any atom is 0.410 e. The van der Waals surface area contributed by atoms with Crippen LogP contribution in [0.3, 0.4) is 0 Å². The van der Waals surface area contributed by atoms with Crippen molar-refractivity contribution in [1.29, 1.82) is 0 Å². The molecule has 2 atom stereocenters. The van der Waals surface area contributed by atoms with Crippen LogP contribution in [0.5, 0.6) is 0 Å². The van der Waals surface area contributed by atoms with Gasteiger partial charge in [0.2, 0.25) is 0 Å². The molecule has 1 amide bonds. The van der Waals surface area contributed by atoms with Crippen LogP contribution in [0, 0.1) is 0 Å². The van der Waals surface area contributed by atoms with Crippen LogP contribution in [0.4, 0.5) is 4.79 Å². The Hall–Kier alpha value is -0.810. The van der Waals surface area contributed by atoms with Crippen LogP contribution in [0.15, 0.2) is 0 Å². The number of carbonyl (C=O) groups excluding carboxylic acids is 1. The van der Waals surface area contributed by atoms with Gasteiger partial charge in [0.1, 0.15) is 5.60 Å². The van der Waals surface area contributed by atoms with Gasteiger partial charge in [0.25, 0.3) is 0 Å². The van der Waals surface area contributed by atoms with Crippen LogP contribution in [-0.4, -0.2) is 47.8 Å². The molecule has 19 heavy (non-hydrogen) atoms. The van der Waals surface area contributed by atoms with Crippen LogP contribution in [0.25, 0.3) is 0 Å². The van der Waals surface area contributed by atoms with Gasteiger partial charge in [-0.15, -0.1) is 0 Å². The van der Waals surface area contributed by atoms with Gasteiger partial charge in [-0.1, -0.05) is 6.42 Å². The third-order valence-corrected chi connectivity index (χ3v) is 3.72. The van der Waals surface area contributed by atoms with Gasteiger partial charge in [0, 0.05) is 31.2 Å². The summed E-state index contributed by atoms with van der Waals surface area (Å²) in [4.78, 5) is 13.5. The molecule has 1 aliphatic carbocycles. The van der Waals surface area contributed by atoms with Crippen LogP contribution < -0.4 is 11.1 Å². The summed E-state index contributed by atoms with van der Waals surface area (Å²) in [5.41, 5.74) is 5.57. The molecule has 2 rings (SSSR count). The molecule has 2 fully saturated rings. The second-order valence-electron chi connectivity index (χ2n) is 6.87. The minimum atomic E-state index is -0.411. The number of rotatable bonds is 2. The van der Waals surface area contributed by atoms with E-state index in [1.54, 1.807) is 4.90 Å². The smallest absolute Gasteiger partial charge is 0.410 e. The minimum Gasteiger partial charge on any atom is -0.444 e. The number of nitrogens with one attached hydrogen (secondary N) is 1. The molecular formula is C14H27N3O2. The summed E-state index contributed by atoms with van der Waals surface area (Å²) >= 11 is 0. The molecule has 5 nitrogen and oxygen atoms in total. The lowest BCUT2D eigenvalue weighted by molar-refractivity contribution is 0.00354. The number of carbonyl (C=O) groups is 1. The third-order valence-electron chi connectivity index (χ3n) is 3.72. The Kier molecular flexibility index (Phi) is 4.36. The Morgan fingerprint density at radius 3 is 2.53 bits per heavy atom. The van der Waals surface area contributed by atoms with Crippen molar-refractivity contribution in [3.63, 3.8) is 0 Å². The second kappa shape index (κ2) is 5.67.